The highest BCUT2D eigenvalue weighted by Gasteiger charge is 2.38. The second-order valence-corrected chi connectivity index (χ2v) is 11.8. The third-order valence-corrected chi connectivity index (χ3v) is 7.72. The van der Waals surface area contributed by atoms with Crippen LogP contribution in [-0.4, -0.2) is 61.8 Å². The highest BCUT2D eigenvalue weighted by Crippen LogP contribution is 2.16. The van der Waals surface area contributed by atoms with Gasteiger partial charge in [-0.3, -0.25) is 9.59 Å². The monoisotopic (exact) mass is 631 g/mol. The first-order valence-electron chi connectivity index (χ1n) is 16.9. The molecule has 0 rings (SSSR count). The number of nitrogens with one attached hydrogen (secondary N) is 2. The van der Waals surface area contributed by atoms with Crippen LogP contribution in [0.25, 0.3) is 0 Å². The van der Waals surface area contributed by atoms with Crippen molar-refractivity contribution < 1.29 is 35.9 Å². The minimum Gasteiger partial charge on any atom is -0.348 e. The van der Waals surface area contributed by atoms with E-state index in [1.807, 2.05) is 10.6 Å². The Balaban J connectivity index is 4.09. The van der Waals surface area contributed by atoms with Crippen LogP contribution in [0.2, 0.25) is 0 Å². The van der Waals surface area contributed by atoms with Gasteiger partial charge in [0.1, 0.15) is 0 Å². The number of rotatable bonds is 29. The van der Waals surface area contributed by atoms with E-state index in [9.17, 15) is 35.9 Å². The highest BCUT2D eigenvalue weighted by molar-refractivity contribution is 5.81. The standard InChI is InChI=1S/C32H59F6N3O2/c1-2-3-4-5-6-7-8-9-10-11-12-13-16-21-26-41(27-22-17-14-19-24-39-29(42)31(33,34)35)28-23-18-15-20-25-40-30(43)32(36,37)38/h2-28H2,1H3,(H,39,42)(H,40,43). The van der Waals surface area contributed by atoms with Crippen LogP contribution in [0.3, 0.4) is 0 Å². The summed E-state index contributed by atoms with van der Waals surface area (Å²) >= 11 is 0. The average molecular weight is 632 g/mol. The number of unbranched alkanes of at least 4 members (excludes halogenated alkanes) is 19. The normalized spacial score (nSPS) is 12.2. The first-order chi connectivity index (χ1) is 20.5. The number of nitrogens with zero attached hydrogens (tertiary/aromatic N) is 1. The van der Waals surface area contributed by atoms with Crippen LogP contribution in [0.15, 0.2) is 0 Å². The number of amides is 2. The van der Waals surface area contributed by atoms with Crippen molar-refractivity contribution in [3.05, 3.63) is 0 Å². The molecule has 0 spiro atoms. The summed E-state index contributed by atoms with van der Waals surface area (Å²) in [4.78, 5) is 24.1. The van der Waals surface area contributed by atoms with Gasteiger partial charge in [-0.2, -0.15) is 26.3 Å². The lowest BCUT2D eigenvalue weighted by Gasteiger charge is -2.22. The maximum absolute atomic E-state index is 12.2. The van der Waals surface area contributed by atoms with E-state index >= 15 is 0 Å². The van der Waals surface area contributed by atoms with Gasteiger partial charge in [-0.05, 0) is 51.7 Å². The smallest absolute Gasteiger partial charge is 0.348 e. The van der Waals surface area contributed by atoms with Gasteiger partial charge < -0.3 is 15.5 Å². The molecule has 2 N–H and O–H groups in total. The van der Waals surface area contributed by atoms with Crippen molar-refractivity contribution in [2.45, 2.75) is 161 Å². The minimum absolute atomic E-state index is 0.0184. The molecule has 0 unspecified atom stereocenters. The van der Waals surface area contributed by atoms with E-state index in [0.29, 0.717) is 12.8 Å². The molecule has 2 amide bonds. The summed E-state index contributed by atoms with van der Waals surface area (Å²) in [6, 6.07) is 0. The van der Waals surface area contributed by atoms with Crippen molar-refractivity contribution >= 4 is 11.8 Å². The number of halogens is 6. The number of carbonyl (C=O) groups excluding carboxylic acids is 2. The van der Waals surface area contributed by atoms with Crippen molar-refractivity contribution in [2.75, 3.05) is 32.7 Å². The molecule has 11 heteroatoms. The fourth-order valence-corrected chi connectivity index (χ4v) is 5.10. The lowest BCUT2D eigenvalue weighted by atomic mass is 10.0. The van der Waals surface area contributed by atoms with E-state index in [2.05, 4.69) is 11.8 Å². The van der Waals surface area contributed by atoms with Gasteiger partial charge in [0, 0.05) is 13.1 Å². The summed E-state index contributed by atoms with van der Waals surface area (Å²) in [7, 11) is 0. The third-order valence-electron chi connectivity index (χ3n) is 7.72. The fraction of sp³-hybridized carbons (Fsp3) is 0.938. The van der Waals surface area contributed by atoms with E-state index in [1.165, 1.54) is 83.5 Å². The van der Waals surface area contributed by atoms with Crippen molar-refractivity contribution in [1.29, 1.82) is 0 Å². The topological polar surface area (TPSA) is 61.4 Å². The largest absolute Gasteiger partial charge is 0.471 e. The van der Waals surface area contributed by atoms with Crippen molar-refractivity contribution in [2.24, 2.45) is 0 Å². The van der Waals surface area contributed by atoms with Crippen LogP contribution in [0.4, 0.5) is 26.3 Å². The molecule has 0 heterocycles. The lowest BCUT2D eigenvalue weighted by molar-refractivity contribution is -0.173. The summed E-state index contributed by atoms with van der Waals surface area (Å²) in [6.07, 6.45) is 14.7. The Morgan fingerprint density at radius 3 is 0.977 bits per heavy atom. The Kier molecular flexibility index (Phi) is 25.9. The Labute approximate surface area is 256 Å². The third kappa shape index (κ3) is 27.7. The van der Waals surface area contributed by atoms with Crippen molar-refractivity contribution in [3.8, 4) is 0 Å². The molecule has 0 radical (unpaired) electrons. The molecular formula is C32H59F6N3O2. The van der Waals surface area contributed by atoms with Gasteiger partial charge in [-0.25, -0.2) is 0 Å². The summed E-state index contributed by atoms with van der Waals surface area (Å²) in [5.41, 5.74) is 0. The van der Waals surface area contributed by atoms with Crippen LogP contribution in [0, 0.1) is 0 Å². The fourth-order valence-electron chi connectivity index (χ4n) is 5.10. The average Bonchev–Trinajstić information content (AvgIpc) is 2.94. The zero-order chi connectivity index (χ0) is 32.2. The van der Waals surface area contributed by atoms with Crippen LogP contribution >= 0.6 is 0 Å². The predicted molar refractivity (Wildman–Crippen MR) is 162 cm³/mol. The van der Waals surface area contributed by atoms with Crippen molar-refractivity contribution in [1.82, 2.24) is 15.5 Å². The molecule has 0 aliphatic heterocycles. The second-order valence-electron chi connectivity index (χ2n) is 11.8. The van der Waals surface area contributed by atoms with Gasteiger partial charge in [-0.15, -0.1) is 0 Å². The van der Waals surface area contributed by atoms with E-state index in [-0.39, 0.29) is 13.1 Å². The van der Waals surface area contributed by atoms with Crippen LogP contribution < -0.4 is 10.6 Å². The van der Waals surface area contributed by atoms with E-state index in [4.69, 9.17) is 0 Å². The molecule has 0 aromatic carbocycles. The van der Waals surface area contributed by atoms with Gasteiger partial charge in [0.2, 0.25) is 0 Å². The van der Waals surface area contributed by atoms with Gasteiger partial charge in [0.25, 0.3) is 0 Å². The summed E-state index contributed by atoms with van der Waals surface area (Å²) in [5.74, 6) is -3.79. The second kappa shape index (κ2) is 26.8. The highest BCUT2D eigenvalue weighted by atomic mass is 19.4. The number of alkyl halides is 6. The summed E-state index contributed by atoms with van der Waals surface area (Å²) in [6.45, 7) is 5.06. The lowest BCUT2D eigenvalue weighted by Crippen LogP contribution is -2.37. The molecule has 0 bridgehead atoms. The van der Waals surface area contributed by atoms with Crippen LogP contribution in [0.5, 0.6) is 0 Å². The molecule has 256 valence electrons. The SMILES string of the molecule is CCCCCCCCCCCCCCCCN(CCCCCCNC(=O)C(F)(F)F)CCCCCCNC(=O)C(F)(F)F. The zero-order valence-electron chi connectivity index (χ0n) is 26.6. The van der Waals surface area contributed by atoms with E-state index < -0.39 is 24.2 Å². The van der Waals surface area contributed by atoms with Crippen LogP contribution in [-0.2, 0) is 9.59 Å². The minimum atomic E-state index is -4.84. The number of hydrogen-bond acceptors (Lipinski definition) is 3. The molecule has 0 aromatic rings. The molecular weight excluding hydrogens is 572 g/mol. The maximum Gasteiger partial charge on any atom is 0.471 e. The summed E-state index contributed by atoms with van der Waals surface area (Å²) in [5, 5.41) is 3.80. The van der Waals surface area contributed by atoms with Gasteiger partial charge >= 0.3 is 24.2 Å². The molecule has 43 heavy (non-hydrogen) atoms. The van der Waals surface area contributed by atoms with E-state index in [0.717, 1.165) is 64.6 Å². The van der Waals surface area contributed by atoms with Gasteiger partial charge in [-0.1, -0.05) is 116 Å². The van der Waals surface area contributed by atoms with Gasteiger partial charge in [0.15, 0.2) is 0 Å². The van der Waals surface area contributed by atoms with Crippen LogP contribution in [0.1, 0.15) is 148 Å². The Morgan fingerprint density at radius 2 is 0.698 bits per heavy atom. The molecule has 0 aromatic heterocycles. The van der Waals surface area contributed by atoms with Crippen molar-refractivity contribution in [3.63, 3.8) is 0 Å². The first-order valence-corrected chi connectivity index (χ1v) is 16.9. The molecule has 0 aliphatic carbocycles. The molecule has 0 saturated heterocycles. The molecule has 0 saturated carbocycles. The Bertz CT molecular complexity index is 634. The predicted octanol–water partition coefficient (Wildman–Crippen LogP) is 9.25. The maximum atomic E-state index is 12.2. The molecule has 5 nitrogen and oxygen atoms in total. The quantitative estimate of drug-likeness (QED) is 0.0639. The molecule has 0 aliphatic rings. The molecule has 0 fully saturated rings. The Morgan fingerprint density at radius 1 is 0.442 bits per heavy atom. The zero-order valence-corrected chi connectivity index (χ0v) is 26.6. The van der Waals surface area contributed by atoms with E-state index in [1.54, 1.807) is 0 Å². The first kappa shape index (κ1) is 41.5. The Hall–Kier alpha value is -1.52. The number of carbonyl (C=O) groups is 2. The summed E-state index contributed by atoms with van der Waals surface area (Å²) < 4.78 is 73.5. The number of hydrogen-bond donors (Lipinski definition) is 2. The molecule has 0 atom stereocenters. The van der Waals surface area contributed by atoms with Gasteiger partial charge in [0.05, 0.1) is 0 Å².